The summed E-state index contributed by atoms with van der Waals surface area (Å²) in [6, 6.07) is 0. The smallest absolute Gasteiger partial charge is 0.132 e. The lowest BCUT2D eigenvalue weighted by atomic mass is 9.58. The van der Waals surface area contributed by atoms with E-state index in [1.165, 1.54) is 18.4 Å². The fourth-order valence-corrected chi connectivity index (χ4v) is 7.46. The molecule has 1 saturated heterocycles. The highest BCUT2D eigenvalue weighted by molar-refractivity contribution is 8.00. The van der Waals surface area contributed by atoms with E-state index in [2.05, 4.69) is 54.8 Å². The predicted molar refractivity (Wildman–Crippen MR) is 167 cm³/mol. The van der Waals surface area contributed by atoms with Gasteiger partial charge in [-0.15, -0.1) is 0 Å². The second-order valence-electron chi connectivity index (χ2n) is 11.9. The molecule has 4 atom stereocenters. The van der Waals surface area contributed by atoms with E-state index in [9.17, 15) is 9.90 Å². The Bertz CT molecular complexity index is 1050. The Morgan fingerprint density at radius 1 is 1.20 bits per heavy atom. The third kappa shape index (κ3) is 8.07. The molecule has 222 valence electrons. The Hall–Kier alpha value is -1.96. The van der Waals surface area contributed by atoms with E-state index in [0.717, 1.165) is 48.8 Å². The fraction of sp³-hybridized carbons (Fsp3) is 0.667. The van der Waals surface area contributed by atoms with E-state index in [4.69, 9.17) is 4.74 Å². The Morgan fingerprint density at radius 3 is 2.50 bits per heavy atom. The number of Topliss-reactive ketones (excluding diaryl/α,β-unsaturated/α-hetero) is 1. The maximum atomic E-state index is 12.2. The van der Waals surface area contributed by atoms with E-state index in [1.807, 2.05) is 38.6 Å². The summed E-state index contributed by atoms with van der Waals surface area (Å²) in [6.07, 6.45) is 14.7. The predicted octanol–water partition coefficient (Wildman–Crippen LogP) is 6.69. The minimum atomic E-state index is -0.614. The van der Waals surface area contributed by atoms with Gasteiger partial charge >= 0.3 is 0 Å². The van der Waals surface area contributed by atoms with Gasteiger partial charge in [0.2, 0.25) is 0 Å². The van der Waals surface area contributed by atoms with Gasteiger partial charge < -0.3 is 15.2 Å². The molecule has 0 aromatic carbocycles. The van der Waals surface area contributed by atoms with Gasteiger partial charge in [-0.2, -0.15) is 11.8 Å². The molecule has 40 heavy (non-hydrogen) atoms. The Morgan fingerprint density at radius 2 is 1.85 bits per heavy atom. The lowest BCUT2D eigenvalue weighted by Gasteiger charge is -2.49. The first kappa shape index (κ1) is 32.6. The summed E-state index contributed by atoms with van der Waals surface area (Å²) >= 11 is 1.94. The Balaban J connectivity index is 0.00000216. The highest BCUT2D eigenvalue weighted by atomic mass is 32.2. The summed E-state index contributed by atoms with van der Waals surface area (Å²) in [7, 11) is 0. The topological polar surface area (TPSA) is 84.3 Å². The average molecular weight is 570 g/mol. The van der Waals surface area contributed by atoms with E-state index in [1.54, 1.807) is 12.4 Å². The summed E-state index contributed by atoms with van der Waals surface area (Å²) < 4.78 is 6.60. The first-order valence-electron chi connectivity index (χ1n) is 15.1. The van der Waals surface area contributed by atoms with Crippen molar-refractivity contribution in [2.24, 2.45) is 16.7 Å². The first-order chi connectivity index (χ1) is 19.1. The van der Waals surface area contributed by atoms with Crippen LogP contribution in [-0.4, -0.2) is 57.2 Å². The molecular formula is C33H51N3O3S. The van der Waals surface area contributed by atoms with E-state index in [-0.39, 0.29) is 17.4 Å². The number of nitrogens with one attached hydrogen (secondary N) is 1. The molecule has 4 rings (SSSR count). The van der Waals surface area contributed by atoms with Crippen molar-refractivity contribution in [3.8, 4) is 0 Å². The number of carbonyl (C=O) groups is 1. The zero-order valence-corrected chi connectivity index (χ0v) is 26.4. The molecule has 3 aliphatic rings. The average Bonchev–Trinajstić information content (AvgIpc) is 2.97. The van der Waals surface area contributed by atoms with Crippen LogP contribution in [0, 0.1) is 23.7 Å². The molecule has 1 spiro atoms. The number of rotatable bonds is 7. The van der Waals surface area contributed by atoms with Crippen molar-refractivity contribution in [1.82, 2.24) is 15.3 Å². The van der Waals surface area contributed by atoms with Gasteiger partial charge in [0.05, 0.1) is 29.0 Å². The third-order valence-corrected chi connectivity index (χ3v) is 10.5. The number of thioether (sulfide) groups is 1. The van der Waals surface area contributed by atoms with Crippen molar-refractivity contribution in [2.75, 3.05) is 18.8 Å². The number of allylic oxidation sites excluding steroid dienone is 1. The number of aromatic nitrogens is 2. The molecule has 2 N–H and O–H groups in total. The van der Waals surface area contributed by atoms with Crippen LogP contribution in [0.2, 0.25) is 0 Å². The second kappa shape index (κ2) is 14.8. The first-order valence-corrected chi connectivity index (χ1v) is 16.2. The molecule has 7 heteroatoms. The van der Waals surface area contributed by atoms with Gasteiger partial charge in [0.25, 0.3) is 0 Å². The van der Waals surface area contributed by atoms with E-state index in [0.29, 0.717) is 30.3 Å². The molecule has 1 aromatic heterocycles. The van der Waals surface area contributed by atoms with Crippen LogP contribution < -0.4 is 5.32 Å². The third-order valence-electron chi connectivity index (χ3n) is 9.06. The molecule has 0 radical (unpaired) electrons. The molecule has 2 fully saturated rings. The maximum absolute atomic E-state index is 12.2. The number of nitrogens with zero attached hydrogens (tertiary/aromatic N) is 2. The van der Waals surface area contributed by atoms with Gasteiger partial charge in [0.15, 0.2) is 0 Å². The molecule has 2 unspecified atom stereocenters. The van der Waals surface area contributed by atoms with Gasteiger partial charge in [-0.1, -0.05) is 46.4 Å². The van der Waals surface area contributed by atoms with Crippen molar-refractivity contribution >= 4 is 23.6 Å². The number of hydrogen-bond acceptors (Lipinski definition) is 7. The van der Waals surface area contributed by atoms with Gasteiger partial charge in [0, 0.05) is 35.9 Å². The number of carbonyl (C=O) groups excluding carboxylic acids is 1. The largest absolute Gasteiger partial charge is 0.490 e. The van der Waals surface area contributed by atoms with Crippen molar-refractivity contribution in [3.63, 3.8) is 0 Å². The summed E-state index contributed by atoms with van der Waals surface area (Å²) in [5.74, 6) is 1.88. The molecule has 1 aromatic rings. The maximum Gasteiger partial charge on any atom is 0.132 e. The van der Waals surface area contributed by atoms with Crippen LogP contribution in [0.3, 0.4) is 0 Å². The van der Waals surface area contributed by atoms with E-state index >= 15 is 0 Å². The minimum absolute atomic E-state index is 0.0113. The van der Waals surface area contributed by atoms with Crippen LogP contribution in [-0.2, 0) is 9.53 Å². The number of aryl methyl sites for hydroxylation is 1. The quantitative estimate of drug-likeness (QED) is 0.279. The Kier molecular flexibility index (Phi) is 12.0. The number of aliphatic hydroxyl groups excluding tert-OH is 1. The minimum Gasteiger partial charge on any atom is -0.490 e. The van der Waals surface area contributed by atoms with Crippen molar-refractivity contribution in [1.29, 1.82) is 0 Å². The molecule has 0 amide bonds. The molecular weight excluding hydrogens is 518 g/mol. The zero-order chi connectivity index (χ0) is 29.3. The van der Waals surface area contributed by atoms with Crippen LogP contribution in [0.4, 0.5) is 0 Å². The van der Waals surface area contributed by atoms with Gasteiger partial charge in [-0.05, 0) is 82.0 Å². The lowest BCUT2D eigenvalue weighted by Crippen LogP contribution is -2.48. The lowest BCUT2D eigenvalue weighted by molar-refractivity contribution is -0.124. The number of aliphatic hydroxyl groups is 1. The zero-order valence-electron chi connectivity index (χ0n) is 25.5. The summed E-state index contributed by atoms with van der Waals surface area (Å²) in [5.41, 5.74) is 2.03. The standard InChI is InChI=1S/C31H45N3O3S.C2H6/c1-21-18-31(12-6-25(35)7-13-31)23(3)29(36)30(5,11-8-27-24(4)33-16-17-34-27)19-28(21)37-22(2)20-38-26-9-14-32-15-10-26;1-2/h8,11,16-18,23,26,28-29,32,36H,2,6-7,9-10,12-15,19-20H2,1,3-5H3;1-2H3/b11-8+,21-18?;/t23-,28+,29?,30?;/m0./s1. The second-order valence-corrected chi connectivity index (χ2v) is 13.2. The molecule has 1 saturated carbocycles. The molecule has 2 aliphatic carbocycles. The normalized spacial score (nSPS) is 29.2. The van der Waals surface area contributed by atoms with Crippen molar-refractivity contribution in [3.05, 3.63) is 53.8 Å². The van der Waals surface area contributed by atoms with Crippen LogP contribution in [0.15, 0.2) is 42.5 Å². The number of piperidine rings is 1. The van der Waals surface area contributed by atoms with Crippen LogP contribution in [0.5, 0.6) is 0 Å². The number of ether oxygens (including phenoxy) is 1. The molecule has 0 bridgehead atoms. The highest BCUT2D eigenvalue weighted by Crippen LogP contribution is 2.51. The number of hydrogen-bond donors (Lipinski definition) is 2. The summed E-state index contributed by atoms with van der Waals surface area (Å²) in [5, 5.41) is 16.0. The Labute approximate surface area is 246 Å². The molecule has 6 nitrogen and oxygen atoms in total. The highest BCUT2D eigenvalue weighted by Gasteiger charge is 2.49. The van der Waals surface area contributed by atoms with Crippen molar-refractivity contribution in [2.45, 2.75) is 104 Å². The molecule has 2 heterocycles. The summed E-state index contributed by atoms with van der Waals surface area (Å²) in [4.78, 5) is 21.1. The van der Waals surface area contributed by atoms with Crippen LogP contribution in [0.1, 0.15) is 91.0 Å². The van der Waals surface area contributed by atoms with Gasteiger partial charge in [0.1, 0.15) is 11.9 Å². The fourth-order valence-electron chi connectivity index (χ4n) is 6.40. The van der Waals surface area contributed by atoms with E-state index < -0.39 is 11.5 Å². The SMILES string of the molecule is C=C(CSC1CCNCC1)O[C@@H]1CC(C)(/C=C/c2nccnc2C)C(O)[C@H](C)C2(C=C1C)CCC(=O)CC2.CC. The van der Waals surface area contributed by atoms with Crippen LogP contribution in [0.25, 0.3) is 6.08 Å². The molecule has 1 aliphatic heterocycles. The number of ketones is 1. The monoisotopic (exact) mass is 569 g/mol. The van der Waals surface area contributed by atoms with Crippen molar-refractivity contribution < 1.29 is 14.6 Å². The van der Waals surface area contributed by atoms with Crippen LogP contribution >= 0.6 is 11.8 Å². The van der Waals surface area contributed by atoms with Gasteiger partial charge in [-0.25, -0.2) is 0 Å². The summed E-state index contributed by atoms with van der Waals surface area (Å²) in [6.45, 7) is 18.8. The van der Waals surface area contributed by atoms with Gasteiger partial charge in [-0.3, -0.25) is 14.8 Å².